The number of carbonyl (C=O) groups is 3. The molecule has 0 aromatic carbocycles. The van der Waals surface area contributed by atoms with Gasteiger partial charge in [-0.25, -0.2) is 4.79 Å². The first-order valence-corrected chi connectivity index (χ1v) is 12.6. The molecular weight excluding hydrogens is 432 g/mol. The van der Waals surface area contributed by atoms with Crippen molar-refractivity contribution in [2.24, 2.45) is 11.0 Å². The van der Waals surface area contributed by atoms with Crippen LogP contribution in [0.5, 0.6) is 0 Å². The first-order valence-electron chi connectivity index (χ1n) is 11.6. The van der Waals surface area contributed by atoms with Crippen LogP contribution in [0.15, 0.2) is 5.10 Å². The summed E-state index contributed by atoms with van der Waals surface area (Å²) < 4.78 is 10.7. The van der Waals surface area contributed by atoms with Gasteiger partial charge < -0.3 is 14.8 Å². The molecule has 0 bridgehead atoms. The van der Waals surface area contributed by atoms with Crippen molar-refractivity contribution >= 4 is 34.8 Å². The van der Waals surface area contributed by atoms with E-state index in [1.807, 2.05) is 11.9 Å². The van der Waals surface area contributed by atoms with Gasteiger partial charge in [0.15, 0.2) is 5.78 Å². The monoisotopic (exact) mass is 470 g/mol. The van der Waals surface area contributed by atoms with Gasteiger partial charge in [0, 0.05) is 24.8 Å². The third-order valence-corrected chi connectivity index (χ3v) is 6.22. The van der Waals surface area contributed by atoms with Crippen LogP contribution in [0.1, 0.15) is 65.7 Å². The number of thioether (sulfide) groups is 1. The molecule has 2 amide bonds. The minimum absolute atomic E-state index is 0.117. The van der Waals surface area contributed by atoms with E-state index in [9.17, 15) is 14.4 Å². The zero-order valence-electron chi connectivity index (χ0n) is 19.8. The third kappa shape index (κ3) is 8.97. The normalized spacial score (nSPS) is 19.1. The largest absolute Gasteiger partial charge is 0.465 e. The molecule has 2 rings (SSSR count). The van der Waals surface area contributed by atoms with Crippen molar-refractivity contribution in [3.63, 3.8) is 0 Å². The summed E-state index contributed by atoms with van der Waals surface area (Å²) in [6, 6.07) is -0.263. The minimum atomic E-state index is -1.02. The molecular formula is C22H38N4O5S. The van der Waals surface area contributed by atoms with Crippen LogP contribution >= 0.6 is 11.8 Å². The van der Waals surface area contributed by atoms with E-state index in [0.717, 1.165) is 32.1 Å². The smallest absolute Gasteiger partial charge is 0.341 e. The van der Waals surface area contributed by atoms with Crippen molar-refractivity contribution < 1.29 is 23.9 Å². The molecule has 1 fully saturated rings. The van der Waals surface area contributed by atoms with Gasteiger partial charge in [-0.15, -0.1) is 5.10 Å². The second kappa shape index (κ2) is 13.7. The second-order valence-corrected chi connectivity index (χ2v) is 9.80. The standard InChI is InChI=1S/C22H38N4O5S/c1-5-30-19(28)15-25(4)13-14-32-22-24-26(20(31-22)18(27)12-11-16(2)3)21(29)23-17-9-7-6-8-10-17/h16-17,20H,5-15H2,1-4H3,(H,23,29). The summed E-state index contributed by atoms with van der Waals surface area (Å²) in [5.74, 6) is 0.571. The molecule has 1 aliphatic heterocycles. The number of ether oxygens (including phenoxy) is 2. The summed E-state index contributed by atoms with van der Waals surface area (Å²) >= 11 is 1.33. The highest BCUT2D eigenvalue weighted by Crippen LogP contribution is 2.24. The van der Waals surface area contributed by atoms with Gasteiger partial charge in [-0.3, -0.25) is 14.5 Å². The zero-order chi connectivity index (χ0) is 23.5. The number of esters is 1. The van der Waals surface area contributed by atoms with Crippen LogP contribution < -0.4 is 5.32 Å². The number of carbonyl (C=O) groups excluding carboxylic acids is 3. The molecule has 1 unspecified atom stereocenters. The van der Waals surface area contributed by atoms with E-state index in [-0.39, 0.29) is 30.4 Å². The molecule has 0 radical (unpaired) electrons. The SMILES string of the molecule is CCOC(=O)CN(C)CCSC1=NN(C(=O)NC2CCCCC2)C(C(=O)CCC(C)C)O1. The molecule has 1 heterocycles. The van der Waals surface area contributed by atoms with Gasteiger partial charge >= 0.3 is 12.0 Å². The maximum atomic E-state index is 12.9. The molecule has 1 saturated carbocycles. The van der Waals surface area contributed by atoms with E-state index in [2.05, 4.69) is 24.3 Å². The van der Waals surface area contributed by atoms with Gasteiger partial charge in [-0.2, -0.15) is 5.01 Å². The summed E-state index contributed by atoms with van der Waals surface area (Å²) in [4.78, 5) is 39.1. The van der Waals surface area contributed by atoms with Crippen LogP contribution in [-0.2, 0) is 19.1 Å². The van der Waals surface area contributed by atoms with Gasteiger partial charge in [-0.05, 0) is 39.2 Å². The number of hydrogen-bond donors (Lipinski definition) is 1. The lowest BCUT2D eigenvalue weighted by atomic mass is 9.96. The van der Waals surface area contributed by atoms with Crippen molar-refractivity contribution in [1.82, 2.24) is 15.2 Å². The second-order valence-electron chi connectivity index (χ2n) is 8.76. The highest BCUT2D eigenvalue weighted by Gasteiger charge is 2.38. The lowest BCUT2D eigenvalue weighted by molar-refractivity contribution is -0.144. The van der Waals surface area contributed by atoms with Crippen LogP contribution in [-0.4, -0.2) is 77.7 Å². The number of nitrogens with one attached hydrogen (secondary N) is 1. The summed E-state index contributed by atoms with van der Waals surface area (Å²) in [6.45, 7) is 7.05. The van der Waals surface area contributed by atoms with Crippen LogP contribution in [0, 0.1) is 5.92 Å². The van der Waals surface area contributed by atoms with Crippen LogP contribution in [0.2, 0.25) is 0 Å². The van der Waals surface area contributed by atoms with E-state index in [1.165, 1.54) is 23.2 Å². The fourth-order valence-corrected chi connectivity index (χ4v) is 4.45. The van der Waals surface area contributed by atoms with E-state index in [1.54, 1.807) is 6.92 Å². The Hall–Kier alpha value is -1.81. The van der Waals surface area contributed by atoms with Crippen molar-refractivity contribution in [3.05, 3.63) is 0 Å². The van der Waals surface area contributed by atoms with Crippen LogP contribution in [0.4, 0.5) is 4.79 Å². The minimum Gasteiger partial charge on any atom is -0.465 e. The van der Waals surface area contributed by atoms with Gasteiger partial charge in [-0.1, -0.05) is 44.9 Å². The number of hydrazone groups is 1. The van der Waals surface area contributed by atoms with Gasteiger partial charge in [0.05, 0.1) is 13.2 Å². The summed E-state index contributed by atoms with van der Waals surface area (Å²) in [5.41, 5.74) is 0. The molecule has 10 heteroatoms. The summed E-state index contributed by atoms with van der Waals surface area (Å²) in [7, 11) is 1.83. The molecule has 1 N–H and O–H groups in total. The van der Waals surface area contributed by atoms with Crippen molar-refractivity contribution in [2.45, 2.75) is 78.0 Å². The van der Waals surface area contributed by atoms with E-state index in [4.69, 9.17) is 9.47 Å². The fourth-order valence-electron chi connectivity index (χ4n) is 3.56. The predicted octanol–water partition coefficient (Wildman–Crippen LogP) is 3.19. The molecule has 0 spiro atoms. The molecule has 1 atom stereocenters. The average molecular weight is 471 g/mol. The van der Waals surface area contributed by atoms with Crippen LogP contribution in [0.3, 0.4) is 0 Å². The molecule has 2 aliphatic rings. The number of nitrogens with zero attached hydrogens (tertiary/aromatic N) is 3. The molecule has 0 saturated heterocycles. The molecule has 182 valence electrons. The maximum absolute atomic E-state index is 12.9. The summed E-state index contributed by atoms with van der Waals surface area (Å²) in [5, 5.41) is 8.81. The van der Waals surface area contributed by atoms with Crippen molar-refractivity contribution in [3.8, 4) is 0 Å². The Morgan fingerprint density at radius 3 is 2.66 bits per heavy atom. The number of hydrogen-bond acceptors (Lipinski definition) is 8. The van der Waals surface area contributed by atoms with E-state index < -0.39 is 6.23 Å². The Labute approximate surface area is 195 Å². The highest BCUT2D eigenvalue weighted by molar-refractivity contribution is 8.13. The Kier molecular flexibility index (Phi) is 11.3. The lowest BCUT2D eigenvalue weighted by Crippen LogP contribution is -2.48. The van der Waals surface area contributed by atoms with Gasteiger partial charge in [0.25, 0.3) is 11.5 Å². The number of amides is 2. The fraction of sp³-hybridized carbons (Fsp3) is 0.818. The zero-order valence-corrected chi connectivity index (χ0v) is 20.6. The Balaban J connectivity index is 1.93. The molecule has 9 nitrogen and oxygen atoms in total. The van der Waals surface area contributed by atoms with E-state index in [0.29, 0.717) is 36.5 Å². The van der Waals surface area contributed by atoms with Crippen molar-refractivity contribution in [1.29, 1.82) is 0 Å². The number of ketones is 1. The Bertz CT molecular complexity index is 667. The first-order chi connectivity index (χ1) is 15.3. The Morgan fingerprint density at radius 2 is 2.00 bits per heavy atom. The predicted molar refractivity (Wildman–Crippen MR) is 125 cm³/mol. The van der Waals surface area contributed by atoms with Gasteiger partial charge in [0.1, 0.15) is 0 Å². The molecule has 32 heavy (non-hydrogen) atoms. The molecule has 1 aliphatic carbocycles. The maximum Gasteiger partial charge on any atom is 0.341 e. The number of likely N-dealkylation sites (N-methyl/N-ethyl adjacent to an activating group) is 1. The lowest BCUT2D eigenvalue weighted by Gasteiger charge is -2.26. The van der Waals surface area contributed by atoms with Gasteiger partial charge in [0.2, 0.25) is 0 Å². The number of Topliss-reactive ketones (excluding diaryl/α,β-unsaturated/α-hetero) is 1. The first kappa shape index (κ1) is 26.4. The topological polar surface area (TPSA) is 101 Å². The average Bonchev–Trinajstić information content (AvgIpc) is 3.17. The molecule has 0 aromatic rings. The van der Waals surface area contributed by atoms with E-state index >= 15 is 0 Å². The summed E-state index contributed by atoms with van der Waals surface area (Å²) in [6.07, 6.45) is 5.35. The molecule has 0 aromatic heterocycles. The Morgan fingerprint density at radius 1 is 1.28 bits per heavy atom. The number of rotatable bonds is 11. The van der Waals surface area contributed by atoms with Crippen LogP contribution in [0.25, 0.3) is 0 Å². The van der Waals surface area contributed by atoms with Crippen molar-refractivity contribution in [2.75, 3.05) is 32.5 Å². The third-order valence-electron chi connectivity index (χ3n) is 5.41. The number of urea groups is 1. The quantitative estimate of drug-likeness (QED) is 0.463. The highest BCUT2D eigenvalue weighted by atomic mass is 32.2.